The van der Waals surface area contributed by atoms with Crippen LogP contribution in [0.4, 0.5) is 4.39 Å². The van der Waals surface area contributed by atoms with Crippen LogP contribution >= 0.6 is 0 Å². The number of carbonyl (C=O) groups excluding carboxylic acids is 1. The van der Waals surface area contributed by atoms with E-state index in [1.54, 1.807) is 6.07 Å². The highest BCUT2D eigenvalue weighted by atomic mass is 19.1. The van der Waals surface area contributed by atoms with Gasteiger partial charge in [-0.3, -0.25) is 14.7 Å². The molecule has 2 aromatic heterocycles. The molecule has 0 bridgehead atoms. The van der Waals surface area contributed by atoms with Gasteiger partial charge < -0.3 is 15.5 Å². The SMILES string of the molecule is COc1ccc(Cc2nc3c(c4c2[nH]c2ccccc24)CCN(C(C)(C)C(N)=O)C3)cc1F. The van der Waals surface area contributed by atoms with Gasteiger partial charge >= 0.3 is 0 Å². The van der Waals surface area contributed by atoms with Gasteiger partial charge in [-0.05, 0) is 49.6 Å². The second kappa shape index (κ2) is 7.85. The van der Waals surface area contributed by atoms with E-state index >= 15 is 0 Å². The zero-order valence-corrected chi connectivity index (χ0v) is 19.0. The standard InChI is InChI=1S/C26H27FN4O2/c1-26(2,25(28)32)31-11-10-17-21(14-31)29-20(13-15-8-9-22(33-3)18(27)12-15)24-23(17)16-6-4-5-7-19(16)30-24/h4-9,12,30H,10-11,13-14H2,1-3H3,(H2,28,32). The molecule has 0 radical (unpaired) electrons. The number of benzene rings is 2. The highest BCUT2D eigenvalue weighted by molar-refractivity contribution is 6.10. The number of nitrogens with two attached hydrogens (primary N) is 1. The molecule has 0 atom stereocenters. The zero-order valence-electron chi connectivity index (χ0n) is 19.0. The molecular formula is C26H27FN4O2. The Morgan fingerprint density at radius 2 is 2.06 bits per heavy atom. The Labute approximate surface area is 191 Å². The Bertz CT molecular complexity index is 1390. The molecule has 4 aromatic rings. The highest BCUT2D eigenvalue weighted by Gasteiger charge is 2.36. The van der Waals surface area contributed by atoms with Crippen molar-refractivity contribution < 1.29 is 13.9 Å². The smallest absolute Gasteiger partial charge is 0.237 e. The second-order valence-corrected chi connectivity index (χ2v) is 9.14. The molecular weight excluding hydrogens is 419 g/mol. The van der Waals surface area contributed by atoms with Crippen molar-refractivity contribution in [2.75, 3.05) is 13.7 Å². The average molecular weight is 447 g/mol. The van der Waals surface area contributed by atoms with E-state index in [1.165, 1.54) is 18.7 Å². The summed E-state index contributed by atoms with van der Waals surface area (Å²) in [6.07, 6.45) is 1.24. The van der Waals surface area contributed by atoms with E-state index in [2.05, 4.69) is 22.0 Å². The number of halogens is 1. The number of fused-ring (bicyclic) bond motifs is 5. The lowest BCUT2D eigenvalue weighted by Gasteiger charge is -2.39. The van der Waals surface area contributed by atoms with E-state index in [-0.39, 0.29) is 11.7 Å². The Hall–Kier alpha value is -3.45. The number of hydrogen-bond acceptors (Lipinski definition) is 4. The second-order valence-electron chi connectivity index (χ2n) is 9.14. The van der Waals surface area contributed by atoms with Crippen LogP contribution < -0.4 is 10.5 Å². The first kappa shape index (κ1) is 21.4. The lowest BCUT2D eigenvalue weighted by molar-refractivity contribution is -0.129. The lowest BCUT2D eigenvalue weighted by atomic mass is 9.92. The number of para-hydroxylation sites is 1. The monoisotopic (exact) mass is 446 g/mol. The molecule has 0 fully saturated rings. The number of H-pyrrole nitrogens is 1. The number of nitrogens with one attached hydrogen (secondary N) is 1. The van der Waals surface area contributed by atoms with Crippen LogP contribution in [0.5, 0.6) is 5.75 Å². The van der Waals surface area contributed by atoms with Gasteiger partial charge in [-0.15, -0.1) is 0 Å². The van der Waals surface area contributed by atoms with Gasteiger partial charge in [0.05, 0.1) is 29.6 Å². The third-order valence-corrected chi connectivity index (χ3v) is 6.87. The fourth-order valence-corrected chi connectivity index (χ4v) is 4.78. The molecule has 5 rings (SSSR count). The van der Waals surface area contributed by atoms with E-state index in [1.807, 2.05) is 32.0 Å². The molecule has 1 aliphatic rings. The van der Waals surface area contributed by atoms with E-state index in [9.17, 15) is 9.18 Å². The van der Waals surface area contributed by atoms with Crippen molar-refractivity contribution in [1.29, 1.82) is 0 Å². The van der Waals surface area contributed by atoms with Crippen molar-refractivity contribution in [2.45, 2.75) is 38.8 Å². The summed E-state index contributed by atoms with van der Waals surface area (Å²) < 4.78 is 19.4. The Morgan fingerprint density at radius 3 is 2.79 bits per heavy atom. The van der Waals surface area contributed by atoms with Crippen LogP contribution in [0.25, 0.3) is 21.8 Å². The van der Waals surface area contributed by atoms with E-state index in [0.717, 1.165) is 51.7 Å². The molecule has 2 aromatic carbocycles. The van der Waals surface area contributed by atoms with Crippen LogP contribution in [0.3, 0.4) is 0 Å². The molecule has 170 valence electrons. The minimum absolute atomic E-state index is 0.220. The number of nitrogens with zero attached hydrogens (tertiary/aromatic N) is 2. The van der Waals surface area contributed by atoms with Crippen molar-refractivity contribution in [2.24, 2.45) is 5.73 Å². The summed E-state index contributed by atoms with van der Waals surface area (Å²) in [6, 6.07) is 13.2. The minimum atomic E-state index is -0.770. The van der Waals surface area contributed by atoms with Crippen molar-refractivity contribution in [1.82, 2.24) is 14.9 Å². The molecule has 0 spiro atoms. The minimum Gasteiger partial charge on any atom is -0.494 e. The fourth-order valence-electron chi connectivity index (χ4n) is 4.78. The van der Waals surface area contributed by atoms with Gasteiger partial charge in [-0.25, -0.2) is 4.39 Å². The van der Waals surface area contributed by atoms with Crippen molar-refractivity contribution in [3.63, 3.8) is 0 Å². The van der Waals surface area contributed by atoms with Gasteiger partial charge in [0.1, 0.15) is 0 Å². The molecule has 0 saturated carbocycles. The van der Waals surface area contributed by atoms with Gasteiger partial charge in [0.15, 0.2) is 11.6 Å². The summed E-state index contributed by atoms with van der Waals surface area (Å²) in [5.41, 5.74) is 10.7. The van der Waals surface area contributed by atoms with E-state index < -0.39 is 11.4 Å². The normalized spacial score (nSPS) is 14.5. The summed E-state index contributed by atoms with van der Waals surface area (Å²) in [7, 11) is 1.45. The predicted octanol–water partition coefficient (Wildman–Crippen LogP) is 4.08. The maximum atomic E-state index is 14.4. The Kier molecular flexibility index (Phi) is 5.09. The van der Waals surface area contributed by atoms with Gasteiger partial charge in [0.25, 0.3) is 0 Å². The van der Waals surface area contributed by atoms with Gasteiger partial charge in [-0.2, -0.15) is 0 Å². The molecule has 1 aliphatic heterocycles. The fraction of sp³-hybridized carbons (Fsp3) is 0.308. The third-order valence-electron chi connectivity index (χ3n) is 6.87. The molecule has 3 N–H and O–H groups in total. The van der Waals surface area contributed by atoms with Crippen LogP contribution in [-0.4, -0.2) is 40.0 Å². The van der Waals surface area contributed by atoms with Crippen LogP contribution in [0, 0.1) is 5.82 Å². The maximum Gasteiger partial charge on any atom is 0.237 e. The molecule has 1 amide bonds. The number of aromatic amines is 1. The molecule has 0 aliphatic carbocycles. The predicted molar refractivity (Wildman–Crippen MR) is 127 cm³/mol. The number of primary amides is 1. The quantitative estimate of drug-likeness (QED) is 0.484. The lowest BCUT2D eigenvalue weighted by Crippen LogP contribution is -2.54. The maximum absolute atomic E-state index is 14.4. The Morgan fingerprint density at radius 1 is 1.27 bits per heavy atom. The summed E-state index contributed by atoms with van der Waals surface area (Å²) in [6.45, 7) is 4.96. The van der Waals surface area contributed by atoms with Gasteiger partial charge in [-0.1, -0.05) is 24.3 Å². The molecule has 3 heterocycles. The molecule has 0 saturated heterocycles. The van der Waals surface area contributed by atoms with Crippen LogP contribution in [-0.2, 0) is 24.2 Å². The number of carbonyl (C=O) groups is 1. The number of pyridine rings is 1. The summed E-state index contributed by atoms with van der Waals surface area (Å²) in [5, 5.41) is 2.31. The summed E-state index contributed by atoms with van der Waals surface area (Å²) in [5.74, 6) is -0.527. The van der Waals surface area contributed by atoms with E-state index in [4.69, 9.17) is 15.5 Å². The van der Waals surface area contributed by atoms with Crippen molar-refractivity contribution in [3.05, 3.63) is 70.8 Å². The number of methoxy groups -OCH3 is 1. The number of hydrogen-bond donors (Lipinski definition) is 2. The van der Waals surface area contributed by atoms with Crippen molar-refractivity contribution in [3.8, 4) is 5.75 Å². The van der Waals surface area contributed by atoms with Gasteiger partial charge in [0, 0.05) is 35.8 Å². The largest absolute Gasteiger partial charge is 0.494 e. The average Bonchev–Trinajstić information content (AvgIpc) is 3.19. The molecule has 0 unspecified atom stereocenters. The van der Waals surface area contributed by atoms with E-state index in [0.29, 0.717) is 13.0 Å². The first-order valence-corrected chi connectivity index (χ1v) is 11.1. The first-order chi connectivity index (χ1) is 15.8. The van der Waals surface area contributed by atoms with Crippen molar-refractivity contribution >= 4 is 27.7 Å². The van der Waals surface area contributed by atoms with Crippen LogP contribution in [0.15, 0.2) is 42.5 Å². The zero-order chi connectivity index (χ0) is 23.3. The number of amides is 1. The van der Waals surface area contributed by atoms with Crippen LogP contribution in [0.1, 0.15) is 36.4 Å². The highest BCUT2D eigenvalue weighted by Crippen LogP contribution is 2.36. The number of rotatable bonds is 5. The molecule has 33 heavy (non-hydrogen) atoms. The number of ether oxygens (including phenoxy) is 1. The number of aromatic nitrogens is 2. The summed E-state index contributed by atoms with van der Waals surface area (Å²) >= 11 is 0. The third kappa shape index (κ3) is 3.53. The first-order valence-electron chi connectivity index (χ1n) is 11.1. The molecule has 7 heteroatoms. The van der Waals surface area contributed by atoms with Gasteiger partial charge in [0.2, 0.25) is 5.91 Å². The van der Waals surface area contributed by atoms with Crippen LogP contribution in [0.2, 0.25) is 0 Å². The Balaban J connectivity index is 1.66. The molecule has 6 nitrogen and oxygen atoms in total. The summed E-state index contributed by atoms with van der Waals surface area (Å²) in [4.78, 5) is 22.8. The topological polar surface area (TPSA) is 84.2 Å².